The summed E-state index contributed by atoms with van der Waals surface area (Å²) in [6.45, 7) is 3.85. The summed E-state index contributed by atoms with van der Waals surface area (Å²) in [5.74, 6) is -0.315. The number of nitrogens with one attached hydrogen (secondary N) is 2. The van der Waals surface area contributed by atoms with Crippen molar-refractivity contribution in [2.75, 3.05) is 10.6 Å². The van der Waals surface area contributed by atoms with E-state index in [1.165, 1.54) is 0 Å². The SMILES string of the molecule is Cc1cccc(C(=O)Nc2ccc(NC(=O)c3ccccc3C)cc2)c1. The van der Waals surface area contributed by atoms with Gasteiger partial charge in [0.25, 0.3) is 11.8 Å². The summed E-state index contributed by atoms with van der Waals surface area (Å²) in [5.41, 5.74) is 4.56. The molecule has 130 valence electrons. The van der Waals surface area contributed by atoms with Crippen LogP contribution in [-0.2, 0) is 0 Å². The van der Waals surface area contributed by atoms with Crippen LogP contribution < -0.4 is 10.6 Å². The molecule has 0 bridgehead atoms. The second-order valence-corrected chi connectivity index (χ2v) is 6.17. The number of hydrogen-bond acceptors (Lipinski definition) is 2. The van der Waals surface area contributed by atoms with Gasteiger partial charge in [-0.25, -0.2) is 0 Å². The van der Waals surface area contributed by atoms with Crippen molar-refractivity contribution in [2.45, 2.75) is 13.8 Å². The molecular formula is C22H20N2O2. The van der Waals surface area contributed by atoms with Crippen LogP contribution in [0.15, 0.2) is 72.8 Å². The van der Waals surface area contributed by atoms with E-state index in [9.17, 15) is 9.59 Å². The third-order valence-electron chi connectivity index (χ3n) is 4.07. The van der Waals surface area contributed by atoms with Crippen LogP contribution in [0.3, 0.4) is 0 Å². The first-order valence-corrected chi connectivity index (χ1v) is 8.38. The Labute approximate surface area is 152 Å². The summed E-state index contributed by atoms with van der Waals surface area (Å²) >= 11 is 0. The summed E-state index contributed by atoms with van der Waals surface area (Å²) in [7, 11) is 0. The first-order valence-electron chi connectivity index (χ1n) is 8.38. The molecule has 4 heteroatoms. The molecule has 0 aliphatic rings. The van der Waals surface area contributed by atoms with Crippen molar-refractivity contribution >= 4 is 23.2 Å². The van der Waals surface area contributed by atoms with Crippen molar-refractivity contribution in [3.05, 3.63) is 95.1 Å². The summed E-state index contributed by atoms with van der Waals surface area (Å²) in [4.78, 5) is 24.6. The molecule has 0 spiro atoms. The third-order valence-corrected chi connectivity index (χ3v) is 4.07. The average Bonchev–Trinajstić information content (AvgIpc) is 2.63. The van der Waals surface area contributed by atoms with Crippen molar-refractivity contribution in [3.8, 4) is 0 Å². The normalized spacial score (nSPS) is 10.2. The van der Waals surface area contributed by atoms with Gasteiger partial charge in [0.1, 0.15) is 0 Å². The van der Waals surface area contributed by atoms with E-state index in [4.69, 9.17) is 0 Å². The summed E-state index contributed by atoms with van der Waals surface area (Å²) < 4.78 is 0. The van der Waals surface area contributed by atoms with Crippen molar-refractivity contribution < 1.29 is 9.59 Å². The first-order chi connectivity index (χ1) is 12.5. The molecule has 2 N–H and O–H groups in total. The molecule has 0 unspecified atom stereocenters. The van der Waals surface area contributed by atoms with E-state index in [2.05, 4.69) is 10.6 Å². The number of carbonyl (C=O) groups excluding carboxylic acids is 2. The number of aryl methyl sites for hydroxylation is 2. The quantitative estimate of drug-likeness (QED) is 0.714. The zero-order chi connectivity index (χ0) is 18.5. The highest BCUT2D eigenvalue weighted by Gasteiger charge is 2.09. The van der Waals surface area contributed by atoms with Gasteiger partial charge in [-0.2, -0.15) is 0 Å². The van der Waals surface area contributed by atoms with Crippen LogP contribution in [0, 0.1) is 13.8 Å². The van der Waals surface area contributed by atoms with Crippen LogP contribution in [-0.4, -0.2) is 11.8 Å². The third kappa shape index (κ3) is 4.16. The van der Waals surface area contributed by atoms with E-state index in [0.717, 1.165) is 11.1 Å². The minimum absolute atomic E-state index is 0.153. The van der Waals surface area contributed by atoms with E-state index >= 15 is 0 Å². The minimum atomic E-state index is -0.162. The van der Waals surface area contributed by atoms with Crippen molar-refractivity contribution in [3.63, 3.8) is 0 Å². The molecule has 0 saturated carbocycles. The zero-order valence-corrected chi connectivity index (χ0v) is 14.7. The molecule has 2 amide bonds. The van der Waals surface area contributed by atoms with E-state index in [1.807, 2.05) is 50.2 Å². The molecule has 0 aromatic heterocycles. The lowest BCUT2D eigenvalue weighted by Crippen LogP contribution is -2.14. The lowest BCUT2D eigenvalue weighted by Gasteiger charge is -2.09. The van der Waals surface area contributed by atoms with Crippen molar-refractivity contribution in [2.24, 2.45) is 0 Å². The molecule has 0 saturated heterocycles. The maximum Gasteiger partial charge on any atom is 0.255 e. The molecule has 3 rings (SSSR count). The average molecular weight is 344 g/mol. The minimum Gasteiger partial charge on any atom is -0.322 e. The fourth-order valence-electron chi connectivity index (χ4n) is 2.65. The van der Waals surface area contributed by atoms with Gasteiger partial charge in [0.2, 0.25) is 0 Å². The van der Waals surface area contributed by atoms with E-state index in [1.54, 1.807) is 36.4 Å². The highest BCUT2D eigenvalue weighted by molar-refractivity contribution is 6.06. The summed E-state index contributed by atoms with van der Waals surface area (Å²) in [5, 5.41) is 5.72. The van der Waals surface area contributed by atoms with Gasteiger partial charge in [0.05, 0.1) is 0 Å². The van der Waals surface area contributed by atoms with Crippen LogP contribution >= 0.6 is 0 Å². The highest BCUT2D eigenvalue weighted by Crippen LogP contribution is 2.17. The fraction of sp³-hybridized carbons (Fsp3) is 0.0909. The lowest BCUT2D eigenvalue weighted by molar-refractivity contribution is 0.101. The Morgan fingerprint density at radius 1 is 0.692 bits per heavy atom. The van der Waals surface area contributed by atoms with Gasteiger partial charge in [-0.15, -0.1) is 0 Å². The van der Waals surface area contributed by atoms with E-state index in [0.29, 0.717) is 22.5 Å². The molecular weight excluding hydrogens is 324 g/mol. The van der Waals surface area contributed by atoms with Gasteiger partial charge in [-0.05, 0) is 61.9 Å². The maximum atomic E-state index is 12.3. The second kappa shape index (κ2) is 7.66. The molecule has 26 heavy (non-hydrogen) atoms. The van der Waals surface area contributed by atoms with Gasteiger partial charge in [-0.3, -0.25) is 9.59 Å². The van der Waals surface area contributed by atoms with Crippen LogP contribution in [0.5, 0.6) is 0 Å². The van der Waals surface area contributed by atoms with Crippen LogP contribution in [0.2, 0.25) is 0 Å². The topological polar surface area (TPSA) is 58.2 Å². The number of benzene rings is 3. The van der Waals surface area contributed by atoms with Crippen LogP contribution in [0.4, 0.5) is 11.4 Å². The molecule has 0 aliphatic carbocycles. The Kier molecular flexibility index (Phi) is 5.13. The van der Waals surface area contributed by atoms with Gasteiger partial charge in [0, 0.05) is 22.5 Å². The van der Waals surface area contributed by atoms with Crippen molar-refractivity contribution in [1.82, 2.24) is 0 Å². The predicted molar refractivity (Wildman–Crippen MR) is 105 cm³/mol. The molecule has 0 aliphatic heterocycles. The van der Waals surface area contributed by atoms with Gasteiger partial charge >= 0.3 is 0 Å². The lowest BCUT2D eigenvalue weighted by atomic mass is 10.1. The first kappa shape index (κ1) is 17.4. The van der Waals surface area contributed by atoms with Crippen molar-refractivity contribution in [1.29, 1.82) is 0 Å². The zero-order valence-electron chi connectivity index (χ0n) is 14.7. The Morgan fingerprint density at radius 2 is 1.31 bits per heavy atom. The number of rotatable bonds is 4. The maximum absolute atomic E-state index is 12.3. The molecule has 0 fully saturated rings. The number of hydrogen-bond donors (Lipinski definition) is 2. The largest absolute Gasteiger partial charge is 0.322 e. The van der Waals surface area contributed by atoms with Crippen LogP contribution in [0.1, 0.15) is 31.8 Å². The Hall–Kier alpha value is -3.40. The highest BCUT2D eigenvalue weighted by atomic mass is 16.2. The van der Waals surface area contributed by atoms with Gasteiger partial charge < -0.3 is 10.6 Å². The van der Waals surface area contributed by atoms with Gasteiger partial charge in [-0.1, -0.05) is 35.9 Å². The standard InChI is InChI=1S/C22H20N2O2/c1-15-6-5-8-17(14-15)21(25)23-18-10-12-19(13-11-18)24-22(26)20-9-4-3-7-16(20)2/h3-14H,1-2H3,(H,23,25)(H,24,26). The molecule has 0 atom stereocenters. The Morgan fingerprint density at radius 3 is 1.92 bits per heavy atom. The molecule has 0 heterocycles. The predicted octanol–water partition coefficient (Wildman–Crippen LogP) is 4.81. The Bertz CT molecular complexity index is 946. The smallest absolute Gasteiger partial charge is 0.255 e. The summed E-state index contributed by atoms with van der Waals surface area (Å²) in [6.07, 6.45) is 0. The molecule has 3 aromatic carbocycles. The van der Waals surface area contributed by atoms with E-state index in [-0.39, 0.29) is 11.8 Å². The van der Waals surface area contributed by atoms with Crippen LogP contribution in [0.25, 0.3) is 0 Å². The van der Waals surface area contributed by atoms with E-state index < -0.39 is 0 Å². The second-order valence-electron chi connectivity index (χ2n) is 6.17. The summed E-state index contributed by atoms with van der Waals surface area (Å²) in [6, 6.07) is 21.9. The molecule has 0 radical (unpaired) electrons. The van der Waals surface area contributed by atoms with Gasteiger partial charge in [0.15, 0.2) is 0 Å². The monoisotopic (exact) mass is 344 g/mol. The number of anilines is 2. The molecule has 4 nitrogen and oxygen atoms in total. The number of carbonyl (C=O) groups is 2. The number of amides is 2. The Balaban J connectivity index is 1.66. The fourth-order valence-corrected chi connectivity index (χ4v) is 2.65. The molecule has 3 aromatic rings.